The van der Waals surface area contributed by atoms with E-state index in [2.05, 4.69) is 0 Å². The summed E-state index contributed by atoms with van der Waals surface area (Å²) in [5, 5.41) is 10.8. The standard InChI is InChI=1S/C14H11ClFIO/c15-12-4-2-1-3-9(12)7-14(18)11-6-5-10(16)8-13(11)17/h1-6,8,14,18H,7H2. The minimum absolute atomic E-state index is 0.298. The van der Waals surface area contributed by atoms with Crippen LogP contribution in [-0.2, 0) is 6.42 Å². The summed E-state index contributed by atoms with van der Waals surface area (Å²) in [6.45, 7) is 0. The number of halogens is 3. The summed E-state index contributed by atoms with van der Waals surface area (Å²) in [7, 11) is 0. The molecule has 1 nitrogen and oxygen atoms in total. The smallest absolute Gasteiger partial charge is 0.124 e. The number of rotatable bonds is 3. The summed E-state index contributed by atoms with van der Waals surface area (Å²) in [6, 6.07) is 11.8. The molecular weight excluding hydrogens is 366 g/mol. The SMILES string of the molecule is OC(Cc1ccccc1Cl)c1ccc(F)cc1I. The first-order valence-electron chi connectivity index (χ1n) is 5.44. The van der Waals surface area contributed by atoms with Gasteiger partial charge >= 0.3 is 0 Å². The molecule has 0 radical (unpaired) electrons. The molecule has 4 heteroatoms. The highest BCUT2D eigenvalue weighted by Gasteiger charge is 2.14. The Labute approximate surface area is 124 Å². The lowest BCUT2D eigenvalue weighted by Gasteiger charge is -2.14. The monoisotopic (exact) mass is 376 g/mol. The van der Waals surface area contributed by atoms with E-state index in [1.807, 2.05) is 40.8 Å². The van der Waals surface area contributed by atoms with E-state index in [9.17, 15) is 9.50 Å². The molecule has 0 bridgehead atoms. The van der Waals surface area contributed by atoms with Gasteiger partial charge in [0.15, 0.2) is 0 Å². The van der Waals surface area contributed by atoms with Crippen LogP contribution in [0.4, 0.5) is 4.39 Å². The number of hydrogen-bond donors (Lipinski definition) is 1. The van der Waals surface area contributed by atoms with E-state index in [1.165, 1.54) is 12.1 Å². The first kappa shape index (κ1) is 13.8. The topological polar surface area (TPSA) is 20.2 Å². The fourth-order valence-corrected chi connectivity index (χ4v) is 2.80. The molecule has 0 aromatic heterocycles. The number of aliphatic hydroxyl groups is 1. The fourth-order valence-electron chi connectivity index (χ4n) is 1.75. The number of hydrogen-bond acceptors (Lipinski definition) is 1. The Bertz CT molecular complexity index is 559. The molecule has 18 heavy (non-hydrogen) atoms. The van der Waals surface area contributed by atoms with E-state index in [0.717, 1.165) is 11.1 Å². The molecule has 1 unspecified atom stereocenters. The van der Waals surface area contributed by atoms with Crippen molar-refractivity contribution in [3.05, 3.63) is 68.0 Å². The average Bonchev–Trinajstić information content (AvgIpc) is 2.32. The lowest BCUT2D eigenvalue weighted by Crippen LogP contribution is -2.04. The van der Waals surface area contributed by atoms with E-state index < -0.39 is 6.10 Å². The summed E-state index contributed by atoms with van der Waals surface area (Å²) in [6.07, 6.45) is -0.265. The van der Waals surface area contributed by atoms with Gasteiger partial charge in [-0.15, -0.1) is 0 Å². The third-order valence-electron chi connectivity index (χ3n) is 2.69. The van der Waals surface area contributed by atoms with Crippen molar-refractivity contribution in [2.24, 2.45) is 0 Å². The Kier molecular flexibility index (Phi) is 4.59. The van der Waals surface area contributed by atoms with Crippen LogP contribution in [0, 0.1) is 9.39 Å². The molecule has 2 aromatic carbocycles. The van der Waals surface area contributed by atoms with Crippen LogP contribution in [0.3, 0.4) is 0 Å². The van der Waals surface area contributed by atoms with Gasteiger partial charge in [0.1, 0.15) is 5.82 Å². The first-order chi connectivity index (χ1) is 8.58. The molecule has 0 spiro atoms. The van der Waals surface area contributed by atoms with E-state index in [1.54, 1.807) is 12.1 Å². The Morgan fingerprint density at radius 2 is 1.94 bits per heavy atom. The van der Waals surface area contributed by atoms with Gasteiger partial charge in [-0.3, -0.25) is 0 Å². The van der Waals surface area contributed by atoms with Crippen molar-refractivity contribution < 1.29 is 9.50 Å². The second kappa shape index (κ2) is 5.99. The molecule has 2 aromatic rings. The van der Waals surface area contributed by atoms with Crippen molar-refractivity contribution in [1.82, 2.24) is 0 Å². The normalized spacial score (nSPS) is 12.4. The predicted octanol–water partition coefficient (Wildman–Crippen LogP) is 4.36. The molecule has 0 aliphatic carbocycles. The van der Waals surface area contributed by atoms with E-state index >= 15 is 0 Å². The maximum Gasteiger partial charge on any atom is 0.124 e. The summed E-state index contributed by atoms with van der Waals surface area (Å²) in [5.74, 6) is -0.298. The van der Waals surface area contributed by atoms with Crippen LogP contribution in [0.25, 0.3) is 0 Å². The van der Waals surface area contributed by atoms with Crippen LogP contribution in [0.5, 0.6) is 0 Å². The quantitative estimate of drug-likeness (QED) is 0.789. The summed E-state index contributed by atoms with van der Waals surface area (Å²) in [5.41, 5.74) is 1.60. The summed E-state index contributed by atoms with van der Waals surface area (Å²) >= 11 is 8.07. The van der Waals surface area contributed by atoms with Gasteiger partial charge in [-0.2, -0.15) is 0 Å². The van der Waals surface area contributed by atoms with Gasteiger partial charge in [0, 0.05) is 15.0 Å². The summed E-state index contributed by atoms with van der Waals surface area (Å²) in [4.78, 5) is 0. The van der Waals surface area contributed by atoms with Crippen molar-refractivity contribution in [3.63, 3.8) is 0 Å². The zero-order valence-corrected chi connectivity index (χ0v) is 12.3. The van der Waals surface area contributed by atoms with Gasteiger partial charge in [0.05, 0.1) is 6.10 Å². The minimum atomic E-state index is -0.683. The molecule has 0 aliphatic rings. The zero-order chi connectivity index (χ0) is 13.1. The van der Waals surface area contributed by atoms with Crippen molar-refractivity contribution in [2.75, 3.05) is 0 Å². The second-order valence-electron chi connectivity index (χ2n) is 3.98. The Morgan fingerprint density at radius 3 is 2.61 bits per heavy atom. The highest BCUT2D eigenvalue weighted by Crippen LogP contribution is 2.26. The third-order valence-corrected chi connectivity index (χ3v) is 4.00. The number of benzene rings is 2. The molecular formula is C14H11ClFIO. The molecule has 1 N–H and O–H groups in total. The molecule has 0 saturated heterocycles. The van der Waals surface area contributed by atoms with Crippen LogP contribution in [-0.4, -0.2) is 5.11 Å². The highest BCUT2D eigenvalue weighted by atomic mass is 127. The van der Waals surface area contributed by atoms with Crippen molar-refractivity contribution in [1.29, 1.82) is 0 Å². The minimum Gasteiger partial charge on any atom is -0.388 e. The van der Waals surface area contributed by atoms with Gasteiger partial charge in [0.2, 0.25) is 0 Å². The molecule has 0 aliphatic heterocycles. The second-order valence-corrected chi connectivity index (χ2v) is 5.55. The largest absolute Gasteiger partial charge is 0.388 e. The molecule has 0 amide bonds. The van der Waals surface area contributed by atoms with Gasteiger partial charge in [-0.25, -0.2) is 4.39 Å². The molecule has 0 heterocycles. The van der Waals surface area contributed by atoms with Crippen LogP contribution >= 0.6 is 34.2 Å². The Hall–Kier alpha value is -0.650. The lowest BCUT2D eigenvalue weighted by molar-refractivity contribution is 0.177. The van der Waals surface area contributed by atoms with Crippen molar-refractivity contribution >= 4 is 34.2 Å². The van der Waals surface area contributed by atoms with Gasteiger partial charge < -0.3 is 5.11 Å². The average molecular weight is 377 g/mol. The molecule has 94 valence electrons. The van der Waals surface area contributed by atoms with Gasteiger partial charge in [0.25, 0.3) is 0 Å². The Balaban J connectivity index is 2.22. The molecule has 0 fully saturated rings. The highest BCUT2D eigenvalue weighted by molar-refractivity contribution is 14.1. The fraction of sp³-hybridized carbons (Fsp3) is 0.143. The van der Waals surface area contributed by atoms with Crippen molar-refractivity contribution in [2.45, 2.75) is 12.5 Å². The van der Waals surface area contributed by atoms with E-state index in [0.29, 0.717) is 15.0 Å². The maximum absolute atomic E-state index is 13.0. The first-order valence-corrected chi connectivity index (χ1v) is 6.90. The predicted molar refractivity (Wildman–Crippen MR) is 79.2 cm³/mol. The van der Waals surface area contributed by atoms with Crippen LogP contribution in [0.15, 0.2) is 42.5 Å². The van der Waals surface area contributed by atoms with Gasteiger partial charge in [-0.05, 0) is 51.9 Å². The third kappa shape index (κ3) is 3.22. The maximum atomic E-state index is 13.0. The van der Waals surface area contributed by atoms with E-state index in [4.69, 9.17) is 11.6 Å². The summed E-state index contributed by atoms with van der Waals surface area (Å²) < 4.78 is 13.7. The lowest BCUT2D eigenvalue weighted by atomic mass is 10.0. The van der Waals surface area contributed by atoms with Gasteiger partial charge in [-0.1, -0.05) is 35.9 Å². The van der Waals surface area contributed by atoms with Crippen molar-refractivity contribution in [3.8, 4) is 0 Å². The zero-order valence-electron chi connectivity index (χ0n) is 9.41. The Morgan fingerprint density at radius 1 is 1.22 bits per heavy atom. The molecule has 0 saturated carbocycles. The molecule has 1 atom stereocenters. The number of aliphatic hydroxyl groups excluding tert-OH is 1. The van der Waals surface area contributed by atoms with E-state index in [-0.39, 0.29) is 5.82 Å². The molecule has 2 rings (SSSR count). The van der Waals surface area contributed by atoms with Crippen LogP contribution in [0.1, 0.15) is 17.2 Å². The van der Waals surface area contributed by atoms with Crippen LogP contribution < -0.4 is 0 Å². The van der Waals surface area contributed by atoms with Crippen LogP contribution in [0.2, 0.25) is 5.02 Å².